The van der Waals surface area contributed by atoms with Gasteiger partial charge in [0.05, 0.1) is 5.56 Å². The maximum atomic E-state index is 2.47. The van der Waals surface area contributed by atoms with E-state index >= 15 is 0 Å². The van der Waals surface area contributed by atoms with E-state index in [1.807, 2.05) is 11.3 Å². The van der Waals surface area contributed by atoms with E-state index in [1.54, 1.807) is 0 Å². The topological polar surface area (TPSA) is 8.81 Å². The van der Waals surface area contributed by atoms with E-state index in [1.165, 1.54) is 53.9 Å². The standard InChI is InChI=1S/C28H27N2S/c1-17(2)22-15-24-26(21-11-7-8-12-23(21)31-24)25(18(3)4)27(22)30-14-13-29-16-19-9-5-6-10-20(19)28(29)30/h5-15,17-18H,16H2,1-4H3/q+1. The predicted molar refractivity (Wildman–Crippen MR) is 132 cm³/mol. The minimum Gasteiger partial charge on any atom is -0.225 e. The third-order valence-electron chi connectivity index (χ3n) is 6.64. The lowest BCUT2D eigenvalue weighted by Crippen LogP contribution is -2.30. The Balaban J connectivity index is 1.77. The van der Waals surface area contributed by atoms with Crippen molar-refractivity contribution in [2.24, 2.45) is 0 Å². The number of imidazole rings is 1. The molecule has 3 heteroatoms. The molecular weight excluding hydrogens is 396 g/mol. The number of hydrogen-bond donors (Lipinski definition) is 0. The molecule has 0 saturated heterocycles. The molecule has 0 saturated carbocycles. The summed E-state index contributed by atoms with van der Waals surface area (Å²) in [5, 5.41) is 2.83. The first-order valence-corrected chi connectivity index (χ1v) is 12.0. The van der Waals surface area contributed by atoms with Crippen LogP contribution in [0.15, 0.2) is 67.0 Å². The summed E-state index contributed by atoms with van der Waals surface area (Å²) in [6, 6.07) is 20.2. The highest BCUT2D eigenvalue weighted by Gasteiger charge is 2.33. The van der Waals surface area contributed by atoms with Gasteiger partial charge in [-0.1, -0.05) is 64.1 Å². The molecule has 0 atom stereocenters. The van der Waals surface area contributed by atoms with Crippen LogP contribution in [0, 0.1) is 0 Å². The molecule has 0 amide bonds. The molecule has 31 heavy (non-hydrogen) atoms. The predicted octanol–water partition coefficient (Wildman–Crippen LogP) is 7.41. The molecule has 0 radical (unpaired) electrons. The summed E-state index contributed by atoms with van der Waals surface area (Å²) < 4.78 is 7.66. The highest BCUT2D eigenvalue weighted by Crippen LogP contribution is 2.45. The molecule has 154 valence electrons. The molecule has 3 heterocycles. The molecule has 3 aromatic carbocycles. The highest BCUT2D eigenvalue weighted by molar-refractivity contribution is 7.25. The summed E-state index contributed by atoms with van der Waals surface area (Å²) in [4.78, 5) is 0. The number of nitrogens with zero attached hydrogens (tertiary/aromatic N) is 2. The van der Waals surface area contributed by atoms with Gasteiger partial charge < -0.3 is 0 Å². The first-order chi connectivity index (χ1) is 15.0. The molecule has 6 rings (SSSR count). The van der Waals surface area contributed by atoms with Gasteiger partial charge in [-0.25, -0.2) is 4.57 Å². The lowest BCUT2D eigenvalue weighted by Gasteiger charge is -2.19. The van der Waals surface area contributed by atoms with Crippen LogP contribution in [-0.2, 0) is 6.54 Å². The Hall–Kier alpha value is -2.91. The quantitative estimate of drug-likeness (QED) is 0.262. The van der Waals surface area contributed by atoms with Crippen molar-refractivity contribution in [3.05, 3.63) is 83.7 Å². The van der Waals surface area contributed by atoms with Crippen LogP contribution in [0.4, 0.5) is 0 Å². The van der Waals surface area contributed by atoms with E-state index < -0.39 is 0 Å². The Kier molecular flexibility index (Phi) is 4.13. The van der Waals surface area contributed by atoms with Gasteiger partial charge in [-0.2, -0.15) is 4.57 Å². The van der Waals surface area contributed by atoms with Crippen LogP contribution < -0.4 is 4.57 Å². The molecule has 1 aliphatic rings. The second kappa shape index (κ2) is 6.80. The number of benzene rings is 3. The summed E-state index contributed by atoms with van der Waals surface area (Å²) in [7, 11) is 0. The monoisotopic (exact) mass is 423 g/mol. The molecule has 0 bridgehead atoms. The maximum absolute atomic E-state index is 2.47. The first kappa shape index (κ1) is 18.8. The molecule has 5 aromatic rings. The van der Waals surface area contributed by atoms with Gasteiger partial charge in [-0.3, -0.25) is 0 Å². The Morgan fingerprint density at radius 3 is 2.48 bits per heavy atom. The fraction of sp³-hybridized carbons (Fsp3) is 0.250. The molecule has 0 aliphatic carbocycles. The SMILES string of the molecule is CC(C)c1cc2sc3ccccc3c2c(C(C)C)c1-n1cc[n+]2c1-c1ccccc1C2. The van der Waals surface area contributed by atoms with Crippen LogP contribution in [0.2, 0.25) is 0 Å². The third-order valence-corrected chi connectivity index (χ3v) is 7.76. The normalized spacial score (nSPS) is 13.0. The molecule has 0 unspecified atom stereocenters. The van der Waals surface area contributed by atoms with Gasteiger partial charge in [0.2, 0.25) is 0 Å². The zero-order chi connectivity index (χ0) is 21.3. The summed E-state index contributed by atoms with van der Waals surface area (Å²) in [6.45, 7) is 10.3. The third kappa shape index (κ3) is 2.66. The number of fused-ring (bicyclic) bond motifs is 6. The van der Waals surface area contributed by atoms with Crippen LogP contribution in [0.3, 0.4) is 0 Å². The van der Waals surface area contributed by atoms with Gasteiger partial charge in [0.25, 0.3) is 5.82 Å². The Bertz CT molecular complexity index is 1470. The maximum Gasteiger partial charge on any atom is 0.294 e. The number of hydrogen-bond acceptors (Lipinski definition) is 1. The molecule has 1 aliphatic heterocycles. The molecule has 2 nitrogen and oxygen atoms in total. The molecular formula is C28H27N2S+. The average molecular weight is 424 g/mol. The van der Waals surface area contributed by atoms with Gasteiger partial charge in [0, 0.05) is 36.9 Å². The Morgan fingerprint density at radius 1 is 0.903 bits per heavy atom. The lowest BCUT2D eigenvalue weighted by molar-refractivity contribution is -0.671. The largest absolute Gasteiger partial charge is 0.294 e. The average Bonchev–Trinajstić information content (AvgIpc) is 3.43. The van der Waals surface area contributed by atoms with E-state index in [9.17, 15) is 0 Å². The first-order valence-electron chi connectivity index (χ1n) is 11.2. The van der Waals surface area contributed by atoms with E-state index in [-0.39, 0.29) is 0 Å². The van der Waals surface area contributed by atoms with Crippen molar-refractivity contribution < 1.29 is 4.57 Å². The van der Waals surface area contributed by atoms with E-state index in [0.717, 1.165) is 6.54 Å². The van der Waals surface area contributed by atoms with Crippen LogP contribution in [0.1, 0.15) is 56.2 Å². The summed E-state index contributed by atoms with van der Waals surface area (Å²) in [5.41, 5.74) is 7.05. The second-order valence-corrected chi connectivity index (χ2v) is 10.4. The number of thiophene rings is 1. The lowest BCUT2D eigenvalue weighted by atomic mass is 9.88. The van der Waals surface area contributed by atoms with Gasteiger partial charge in [0.15, 0.2) is 0 Å². The van der Waals surface area contributed by atoms with Gasteiger partial charge in [-0.05, 0) is 30.0 Å². The molecule has 0 spiro atoms. The zero-order valence-electron chi connectivity index (χ0n) is 18.5. The fourth-order valence-corrected chi connectivity index (χ4v) is 6.45. The van der Waals surface area contributed by atoms with Crippen molar-refractivity contribution >= 4 is 31.5 Å². The van der Waals surface area contributed by atoms with Crippen LogP contribution in [0.5, 0.6) is 0 Å². The van der Waals surface area contributed by atoms with E-state index in [4.69, 9.17) is 0 Å². The molecule has 0 fully saturated rings. The number of aromatic nitrogens is 2. The number of rotatable bonds is 3. The Morgan fingerprint density at radius 2 is 1.68 bits per heavy atom. The van der Waals surface area contributed by atoms with Gasteiger partial charge >= 0.3 is 0 Å². The van der Waals surface area contributed by atoms with Crippen molar-refractivity contribution in [2.45, 2.75) is 46.1 Å². The van der Waals surface area contributed by atoms with E-state index in [2.05, 4.69) is 104 Å². The van der Waals surface area contributed by atoms with Crippen molar-refractivity contribution in [1.29, 1.82) is 0 Å². The van der Waals surface area contributed by atoms with Crippen LogP contribution in [0.25, 0.3) is 37.2 Å². The highest BCUT2D eigenvalue weighted by atomic mass is 32.1. The van der Waals surface area contributed by atoms with Crippen molar-refractivity contribution in [3.63, 3.8) is 0 Å². The van der Waals surface area contributed by atoms with Crippen molar-refractivity contribution in [3.8, 4) is 17.1 Å². The fourth-order valence-electron chi connectivity index (χ4n) is 5.28. The molecule has 0 N–H and O–H groups in total. The summed E-state index contributed by atoms with van der Waals surface area (Å²) >= 11 is 1.93. The van der Waals surface area contributed by atoms with Gasteiger partial charge in [0.1, 0.15) is 24.6 Å². The van der Waals surface area contributed by atoms with Crippen LogP contribution >= 0.6 is 11.3 Å². The van der Waals surface area contributed by atoms with Gasteiger partial charge in [-0.15, -0.1) is 11.3 Å². The summed E-state index contributed by atoms with van der Waals surface area (Å²) in [6.07, 6.45) is 4.53. The minimum absolute atomic E-state index is 0.425. The Labute approximate surface area is 187 Å². The summed E-state index contributed by atoms with van der Waals surface area (Å²) in [5.74, 6) is 2.17. The molecule has 2 aromatic heterocycles. The zero-order valence-corrected chi connectivity index (χ0v) is 19.3. The van der Waals surface area contributed by atoms with Crippen molar-refractivity contribution in [1.82, 2.24) is 4.57 Å². The minimum atomic E-state index is 0.425. The smallest absolute Gasteiger partial charge is 0.225 e. The van der Waals surface area contributed by atoms with Crippen molar-refractivity contribution in [2.75, 3.05) is 0 Å². The second-order valence-electron chi connectivity index (χ2n) is 9.29. The van der Waals surface area contributed by atoms with Crippen LogP contribution in [-0.4, -0.2) is 4.57 Å². The van der Waals surface area contributed by atoms with E-state index in [0.29, 0.717) is 11.8 Å².